The maximum atomic E-state index is 14.8. The zero-order chi connectivity index (χ0) is 23.1. The monoisotopic (exact) mass is 444 g/mol. The molecule has 0 radical (unpaired) electrons. The van der Waals surface area contributed by atoms with Crippen LogP contribution >= 0.6 is 0 Å². The molecule has 0 aliphatic carbocycles. The average Bonchev–Trinajstić information content (AvgIpc) is 3.39. The van der Waals surface area contributed by atoms with Crippen LogP contribution in [0.3, 0.4) is 0 Å². The lowest BCUT2D eigenvalue weighted by Gasteiger charge is -2.13. The minimum Gasteiger partial charge on any atom is -0.354 e. The number of nitrogens with one attached hydrogen (secondary N) is 1. The average molecular weight is 444 g/mol. The fourth-order valence-corrected chi connectivity index (χ4v) is 3.93. The molecule has 5 rings (SSSR count). The molecule has 1 N–H and O–H groups in total. The first-order valence-corrected chi connectivity index (χ1v) is 10.6. The van der Waals surface area contributed by atoms with E-state index in [1.807, 2.05) is 18.2 Å². The zero-order valence-electron chi connectivity index (χ0n) is 18.4. The fraction of sp³-hybridized carbons (Fsp3) is 0.160. The van der Waals surface area contributed by atoms with Gasteiger partial charge in [0.05, 0.1) is 11.2 Å². The quantitative estimate of drug-likeness (QED) is 0.351. The first-order valence-electron chi connectivity index (χ1n) is 10.6. The summed E-state index contributed by atoms with van der Waals surface area (Å²) in [5.74, 6) is 0.606. The van der Waals surface area contributed by atoms with Crippen LogP contribution in [0.2, 0.25) is 0 Å². The van der Waals surface area contributed by atoms with Crippen molar-refractivity contribution in [3.05, 3.63) is 84.4 Å². The van der Waals surface area contributed by atoms with Crippen molar-refractivity contribution in [1.82, 2.24) is 24.3 Å². The second-order valence-electron chi connectivity index (χ2n) is 8.11. The van der Waals surface area contributed by atoms with Crippen LogP contribution in [0, 0.1) is 18.6 Å². The van der Waals surface area contributed by atoms with Gasteiger partial charge in [-0.1, -0.05) is 6.07 Å². The molecule has 0 saturated carbocycles. The third-order valence-electron chi connectivity index (χ3n) is 5.42. The second-order valence-corrected chi connectivity index (χ2v) is 8.11. The predicted octanol–water partition coefficient (Wildman–Crippen LogP) is 6.20. The summed E-state index contributed by atoms with van der Waals surface area (Å²) >= 11 is 0. The Bertz CT molecular complexity index is 1450. The van der Waals surface area contributed by atoms with Crippen LogP contribution in [0.15, 0.2) is 67.0 Å². The van der Waals surface area contributed by atoms with Crippen molar-refractivity contribution in [3.8, 4) is 17.1 Å². The molecule has 0 saturated heterocycles. The first kappa shape index (κ1) is 20.8. The van der Waals surface area contributed by atoms with E-state index in [9.17, 15) is 8.78 Å². The van der Waals surface area contributed by atoms with Gasteiger partial charge in [-0.15, -0.1) is 0 Å². The van der Waals surface area contributed by atoms with Gasteiger partial charge in [0.15, 0.2) is 5.82 Å². The molecule has 5 aromatic rings. The lowest BCUT2D eigenvalue weighted by atomic mass is 10.2. The number of aromatic nitrogens is 5. The third-order valence-corrected chi connectivity index (χ3v) is 5.42. The van der Waals surface area contributed by atoms with Gasteiger partial charge in [-0.3, -0.25) is 0 Å². The van der Waals surface area contributed by atoms with E-state index < -0.39 is 5.82 Å². The molecule has 0 aliphatic heterocycles. The van der Waals surface area contributed by atoms with Crippen LogP contribution < -0.4 is 5.32 Å². The molecule has 33 heavy (non-hydrogen) atoms. The summed E-state index contributed by atoms with van der Waals surface area (Å²) in [6, 6.07) is 17.1. The highest BCUT2D eigenvalue weighted by atomic mass is 19.1. The van der Waals surface area contributed by atoms with Crippen LogP contribution in [-0.4, -0.2) is 24.3 Å². The van der Waals surface area contributed by atoms with Crippen LogP contribution in [0.5, 0.6) is 0 Å². The number of aryl methyl sites for hydroxylation is 1. The largest absolute Gasteiger partial charge is 0.354 e. The third kappa shape index (κ3) is 3.84. The molecule has 2 aromatic heterocycles. The van der Waals surface area contributed by atoms with Crippen molar-refractivity contribution in [2.45, 2.75) is 26.8 Å². The van der Waals surface area contributed by atoms with Crippen molar-refractivity contribution in [1.29, 1.82) is 0 Å². The standard InChI is InChI=1S/C25H22F2N6/c1-15(2)33-23-6-4-5-21(24(23)30-25(33)17-7-9-18(26)10-8-17)29-19-11-12-22(20(27)13-19)32-14-28-16(3)31-32/h4-15,29H,1-3H3. The van der Waals surface area contributed by atoms with E-state index in [1.165, 1.54) is 29.2 Å². The normalized spacial score (nSPS) is 11.5. The fourth-order valence-electron chi connectivity index (χ4n) is 3.93. The Morgan fingerprint density at radius 1 is 0.970 bits per heavy atom. The van der Waals surface area contributed by atoms with Crippen LogP contribution in [-0.2, 0) is 0 Å². The van der Waals surface area contributed by atoms with Crippen LogP contribution in [0.25, 0.3) is 28.1 Å². The van der Waals surface area contributed by atoms with E-state index in [1.54, 1.807) is 31.2 Å². The molecule has 8 heteroatoms. The maximum absolute atomic E-state index is 14.8. The molecular weight excluding hydrogens is 422 g/mol. The molecule has 0 atom stereocenters. The summed E-state index contributed by atoms with van der Waals surface area (Å²) in [5, 5.41) is 7.46. The maximum Gasteiger partial charge on any atom is 0.150 e. The topological polar surface area (TPSA) is 60.6 Å². The highest BCUT2D eigenvalue weighted by Gasteiger charge is 2.18. The van der Waals surface area contributed by atoms with Crippen molar-refractivity contribution in [2.75, 3.05) is 5.32 Å². The Labute approximate surface area is 189 Å². The number of anilines is 2. The van der Waals surface area contributed by atoms with E-state index in [0.717, 1.165) is 28.1 Å². The van der Waals surface area contributed by atoms with Crippen LogP contribution in [0.4, 0.5) is 20.2 Å². The Hall–Kier alpha value is -4.07. The summed E-state index contributed by atoms with van der Waals surface area (Å²) < 4.78 is 31.8. The molecule has 0 aliphatic rings. The van der Waals surface area contributed by atoms with Crippen LogP contribution in [0.1, 0.15) is 25.7 Å². The Morgan fingerprint density at radius 3 is 2.42 bits per heavy atom. The Balaban J connectivity index is 1.56. The molecule has 3 aromatic carbocycles. The van der Waals surface area contributed by atoms with E-state index in [2.05, 4.69) is 33.8 Å². The summed E-state index contributed by atoms with van der Waals surface area (Å²) in [4.78, 5) is 8.93. The predicted molar refractivity (Wildman–Crippen MR) is 125 cm³/mol. The van der Waals surface area contributed by atoms with Gasteiger partial charge in [-0.25, -0.2) is 23.4 Å². The number of hydrogen-bond donors (Lipinski definition) is 1. The minimum absolute atomic E-state index is 0.133. The van der Waals surface area contributed by atoms with Crippen molar-refractivity contribution >= 4 is 22.4 Å². The van der Waals surface area contributed by atoms with Gasteiger partial charge in [0.25, 0.3) is 0 Å². The Kier molecular flexibility index (Phi) is 5.12. The SMILES string of the molecule is Cc1ncn(-c2ccc(Nc3cccc4c3nc(-c3ccc(F)cc3)n4C(C)C)cc2F)n1. The molecule has 0 unspecified atom stereocenters. The molecular formula is C25H22F2N6. The minimum atomic E-state index is -0.420. The summed E-state index contributed by atoms with van der Waals surface area (Å²) in [6.07, 6.45) is 1.48. The van der Waals surface area contributed by atoms with Gasteiger partial charge in [0, 0.05) is 17.3 Å². The van der Waals surface area contributed by atoms with Gasteiger partial charge in [0.2, 0.25) is 0 Å². The highest BCUT2D eigenvalue weighted by Crippen LogP contribution is 2.33. The highest BCUT2D eigenvalue weighted by molar-refractivity contribution is 5.93. The molecule has 0 bridgehead atoms. The summed E-state index contributed by atoms with van der Waals surface area (Å²) in [5.41, 5.74) is 4.17. The Morgan fingerprint density at radius 2 is 1.76 bits per heavy atom. The molecule has 0 fully saturated rings. The van der Waals surface area contributed by atoms with Gasteiger partial charge < -0.3 is 9.88 Å². The van der Waals surface area contributed by atoms with E-state index in [-0.39, 0.29) is 11.9 Å². The lowest BCUT2D eigenvalue weighted by Crippen LogP contribution is -2.03. The molecule has 0 spiro atoms. The first-order chi connectivity index (χ1) is 15.9. The number of rotatable bonds is 5. The van der Waals surface area contributed by atoms with Gasteiger partial charge in [0.1, 0.15) is 35.0 Å². The van der Waals surface area contributed by atoms with Gasteiger partial charge >= 0.3 is 0 Å². The van der Waals surface area contributed by atoms with Crippen molar-refractivity contribution < 1.29 is 8.78 Å². The molecule has 6 nitrogen and oxygen atoms in total. The smallest absolute Gasteiger partial charge is 0.150 e. The van der Waals surface area contributed by atoms with E-state index in [0.29, 0.717) is 17.2 Å². The number of imidazole rings is 1. The number of nitrogens with zero attached hydrogens (tertiary/aromatic N) is 5. The van der Waals surface area contributed by atoms with E-state index in [4.69, 9.17) is 4.98 Å². The second kappa shape index (κ2) is 8.12. The zero-order valence-corrected chi connectivity index (χ0v) is 18.4. The molecule has 166 valence electrons. The number of hydrogen-bond acceptors (Lipinski definition) is 4. The summed E-state index contributed by atoms with van der Waals surface area (Å²) in [7, 11) is 0. The number of para-hydroxylation sites is 1. The molecule has 2 heterocycles. The number of fused-ring (bicyclic) bond motifs is 1. The number of halogens is 2. The summed E-state index contributed by atoms with van der Waals surface area (Å²) in [6.45, 7) is 5.91. The van der Waals surface area contributed by atoms with E-state index >= 15 is 0 Å². The van der Waals surface area contributed by atoms with Gasteiger partial charge in [-0.2, -0.15) is 5.10 Å². The van der Waals surface area contributed by atoms with Crippen molar-refractivity contribution in [2.24, 2.45) is 0 Å². The van der Waals surface area contributed by atoms with Crippen molar-refractivity contribution in [3.63, 3.8) is 0 Å². The molecule has 0 amide bonds. The number of benzene rings is 3. The lowest BCUT2D eigenvalue weighted by molar-refractivity contribution is 0.611. The van der Waals surface area contributed by atoms with Gasteiger partial charge in [-0.05, 0) is 75.4 Å².